The molecule has 0 spiro atoms. The van der Waals surface area contributed by atoms with Gasteiger partial charge in [-0.3, -0.25) is 0 Å². The normalized spacial score (nSPS) is 19.9. The molecule has 0 bridgehead atoms. The van der Waals surface area contributed by atoms with Gasteiger partial charge in [-0.2, -0.15) is 12.6 Å². The summed E-state index contributed by atoms with van der Waals surface area (Å²) in [6.07, 6.45) is 3.51. The highest BCUT2D eigenvalue weighted by Gasteiger charge is 2.00. The van der Waals surface area contributed by atoms with Crippen molar-refractivity contribution < 1.29 is 0 Å². The average Bonchev–Trinajstić information content (AvgIpc) is 2.14. The number of hydrogen-bond acceptors (Lipinski definition) is 2. The molecular weight excluding hydrogens is 124 g/mol. The SMILES string of the molecule is SCC1=CCCS1. The van der Waals surface area contributed by atoms with Crippen LogP contribution in [-0.2, 0) is 0 Å². The van der Waals surface area contributed by atoms with Crippen LogP contribution in [0.3, 0.4) is 0 Å². The highest BCUT2D eigenvalue weighted by Crippen LogP contribution is 2.24. The predicted octanol–water partition coefficient (Wildman–Crippen LogP) is 1.94. The lowest BCUT2D eigenvalue weighted by atomic mass is 10.4. The Morgan fingerprint density at radius 1 is 1.86 bits per heavy atom. The zero-order valence-corrected chi connectivity index (χ0v) is 5.77. The fraction of sp³-hybridized carbons (Fsp3) is 0.600. The summed E-state index contributed by atoms with van der Waals surface area (Å²) in [7, 11) is 0. The van der Waals surface area contributed by atoms with E-state index in [2.05, 4.69) is 18.7 Å². The second-order valence-corrected chi connectivity index (χ2v) is 3.00. The van der Waals surface area contributed by atoms with E-state index in [1.807, 2.05) is 11.8 Å². The summed E-state index contributed by atoms with van der Waals surface area (Å²) < 4.78 is 0. The van der Waals surface area contributed by atoms with E-state index in [0.29, 0.717) is 0 Å². The van der Waals surface area contributed by atoms with Crippen molar-refractivity contribution in [2.75, 3.05) is 11.5 Å². The lowest BCUT2D eigenvalue weighted by Crippen LogP contribution is -1.68. The Bertz CT molecular complexity index is 86.1. The van der Waals surface area contributed by atoms with Gasteiger partial charge in [-0.15, -0.1) is 11.8 Å². The van der Waals surface area contributed by atoms with Crippen LogP contribution in [-0.4, -0.2) is 11.5 Å². The van der Waals surface area contributed by atoms with Crippen LogP contribution in [0.25, 0.3) is 0 Å². The van der Waals surface area contributed by atoms with Gasteiger partial charge in [-0.1, -0.05) is 6.08 Å². The Morgan fingerprint density at radius 3 is 3.00 bits per heavy atom. The number of hydrogen-bond donors (Lipinski definition) is 1. The van der Waals surface area contributed by atoms with Crippen molar-refractivity contribution in [1.29, 1.82) is 0 Å². The standard InChI is InChI=1S/C5H8S2/c6-4-5-2-1-3-7-5/h2,6H,1,3-4H2. The number of thioether (sulfide) groups is 1. The molecule has 0 N–H and O–H groups in total. The van der Waals surface area contributed by atoms with Crippen molar-refractivity contribution in [2.24, 2.45) is 0 Å². The van der Waals surface area contributed by atoms with Crippen molar-refractivity contribution in [3.8, 4) is 0 Å². The first-order chi connectivity index (χ1) is 3.43. The summed E-state index contributed by atoms with van der Waals surface area (Å²) in [5.74, 6) is 2.21. The van der Waals surface area contributed by atoms with Crippen molar-refractivity contribution >= 4 is 24.4 Å². The molecule has 0 fully saturated rings. The molecule has 1 aliphatic rings. The molecule has 2 heteroatoms. The zero-order valence-electron chi connectivity index (χ0n) is 4.05. The van der Waals surface area contributed by atoms with Gasteiger partial charge < -0.3 is 0 Å². The zero-order chi connectivity index (χ0) is 5.11. The molecule has 0 aromatic heterocycles. The Labute approximate surface area is 53.8 Å². The first-order valence-corrected chi connectivity index (χ1v) is 3.98. The monoisotopic (exact) mass is 132 g/mol. The molecular formula is C5H8S2. The molecule has 0 saturated carbocycles. The highest BCUT2D eigenvalue weighted by atomic mass is 32.2. The Balaban J connectivity index is 2.36. The van der Waals surface area contributed by atoms with Gasteiger partial charge in [0.15, 0.2) is 0 Å². The molecule has 0 amide bonds. The highest BCUT2D eigenvalue weighted by molar-refractivity contribution is 8.04. The summed E-state index contributed by atoms with van der Waals surface area (Å²) in [6, 6.07) is 0. The Hall–Kier alpha value is 0.440. The summed E-state index contributed by atoms with van der Waals surface area (Å²) in [6.45, 7) is 0. The maximum absolute atomic E-state index is 4.13. The topological polar surface area (TPSA) is 0 Å². The summed E-state index contributed by atoms with van der Waals surface area (Å²) >= 11 is 6.05. The van der Waals surface area contributed by atoms with Gasteiger partial charge in [0.25, 0.3) is 0 Å². The second-order valence-electron chi connectivity index (χ2n) is 1.47. The van der Waals surface area contributed by atoms with E-state index in [1.165, 1.54) is 17.1 Å². The molecule has 40 valence electrons. The van der Waals surface area contributed by atoms with Gasteiger partial charge >= 0.3 is 0 Å². The lowest BCUT2D eigenvalue weighted by molar-refractivity contribution is 1.27. The largest absolute Gasteiger partial charge is 0.174 e. The molecule has 0 aromatic rings. The van der Waals surface area contributed by atoms with Crippen molar-refractivity contribution in [2.45, 2.75) is 6.42 Å². The van der Waals surface area contributed by atoms with E-state index in [0.717, 1.165) is 5.75 Å². The van der Waals surface area contributed by atoms with E-state index >= 15 is 0 Å². The molecule has 1 rings (SSSR count). The number of thiol groups is 1. The minimum atomic E-state index is 0.935. The van der Waals surface area contributed by atoms with Crippen LogP contribution in [0, 0.1) is 0 Å². The minimum absolute atomic E-state index is 0.935. The van der Waals surface area contributed by atoms with E-state index < -0.39 is 0 Å². The van der Waals surface area contributed by atoms with Gasteiger partial charge in [0, 0.05) is 11.5 Å². The predicted molar refractivity (Wildman–Crippen MR) is 39.0 cm³/mol. The third kappa shape index (κ3) is 1.42. The Morgan fingerprint density at radius 2 is 2.71 bits per heavy atom. The van der Waals surface area contributed by atoms with Gasteiger partial charge in [0.1, 0.15) is 0 Å². The molecule has 0 aromatic carbocycles. The van der Waals surface area contributed by atoms with Crippen LogP contribution >= 0.6 is 24.4 Å². The van der Waals surface area contributed by atoms with E-state index in [9.17, 15) is 0 Å². The molecule has 7 heavy (non-hydrogen) atoms. The third-order valence-corrected chi connectivity index (χ3v) is 2.61. The van der Waals surface area contributed by atoms with Crippen molar-refractivity contribution in [1.82, 2.24) is 0 Å². The van der Waals surface area contributed by atoms with Crippen LogP contribution < -0.4 is 0 Å². The summed E-state index contributed by atoms with van der Waals surface area (Å²) in [5, 5.41) is 0. The molecule has 0 unspecified atom stereocenters. The maximum Gasteiger partial charge on any atom is 0.0211 e. The molecule has 0 nitrogen and oxygen atoms in total. The quantitative estimate of drug-likeness (QED) is 0.532. The van der Waals surface area contributed by atoms with Crippen LogP contribution in [0.15, 0.2) is 11.0 Å². The van der Waals surface area contributed by atoms with Gasteiger partial charge in [-0.05, 0) is 11.3 Å². The summed E-state index contributed by atoms with van der Waals surface area (Å²) in [4.78, 5) is 1.45. The number of rotatable bonds is 1. The van der Waals surface area contributed by atoms with E-state index in [1.54, 1.807) is 0 Å². The average molecular weight is 132 g/mol. The van der Waals surface area contributed by atoms with Crippen LogP contribution in [0.1, 0.15) is 6.42 Å². The molecule has 1 aliphatic heterocycles. The third-order valence-electron chi connectivity index (χ3n) is 0.933. The van der Waals surface area contributed by atoms with E-state index in [4.69, 9.17) is 0 Å². The van der Waals surface area contributed by atoms with Crippen molar-refractivity contribution in [3.63, 3.8) is 0 Å². The summed E-state index contributed by atoms with van der Waals surface area (Å²) in [5.41, 5.74) is 0. The van der Waals surface area contributed by atoms with E-state index in [-0.39, 0.29) is 0 Å². The first-order valence-electron chi connectivity index (χ1n) is 2.36. The minimum Gasteiger partial charge on any atom is -0.174 e. The van der Waals surface area contributed by atoms with Crippen LogP contribution in [0.5, 0.6) is 0 Å². The van der Waals surface area contributed by atoms with Gasteiger partial charge in [-0.25, -0.2) is 0 Å². The lowest BCUT2D eigenvalue weighted by Gasteiger charge is -1.88. The fourth-order valence-corrected chi connectivity index (χ4v) is 1.81. The fourth-order valence-electron chi connectivity index (χ4n) is 0.579. The van der Waals surface area contributed by atoms with Crippen molar-refractivity contribution in [3.05, 3.63) is 11.0 Å². The maximum atomic E-state index is 4.13. The Kier molecular flexibility index (Phi) is 2.13. The first kappa shape index (κ1) is 5.57. The van der Waals surface area contributed by atoms with Gasteiger partial charge in [0.05, 0.1) is 0 Å². The smallest absolute Gasteiger partial charge is 0.0211 e. The van der Waals surface area contributed by atoms with Gasteiger partial charge in [0.2, 0.25) is 0 Å². The number of allylic oxidation sites excluding steroid dienone is 1. The molecule has 0 atom stereocenters. The molecule has 0 saturated heterocycles. The molecule has 0 aliphatic carbocycles. The van der Waals surface area contributed by atoms with Crippen LogP contribution in [0.4, 0.5) is 0 Å². The molecule has 1 heterocycles. The molecule has 0 radical (unpaired) electrons. The second kappa shape index (κ2) is 2.68. The van der Waals surface area contributed by atoms with Crippen LogP contribution in [0.2, 0.25) is 0 Å².